The van der Waals surface area contributed by atoms with Crippen LogP contribution in [-0.4, -0.2) is 35.5 Å². The van der Waals surface area contributed by atoms with Crippen LogP contribution in [0.4, 0.5) is 5.69 Å². The number of amides is 1. The van der Waals surface area contributed by atoms with E-state index in [0.717, 1.165) is 38.2 Å². The summed E-state index contributed by atoms with van der Waals surface area (Å²) in [6, 6.07) is 15.3. The van der Waals surface area contributed by atoms with Gasteiger partial charge < -0.3 is 15.3 Å². The van der Waals surface area contributed by atoms with Crippen LogP contribution in [0.2, 0.25) is 0 Å². The largest absolute Gasteiger partial charge is 0.508 e. The van der Waals surface area contributed by atoms with Gasteiger partial charge in [0.2, 0.25) is 5.91 Å². The Kier molecular flexibility index (Phi) is 5.62. The molecule has 0 aromatic heterocycles. The van der Waals surface area contributed by atoms with Crippen LogP contribution < -0.4 is 5.32 Å². The lowest BCUT2D eigenvalue weighted by Crippen LogP contribution is -2.46. The number of anilines is 1. The smallest absolute Gasteiger partial charge is 0.235 e. The number of aryl methyl sites for hydroxylation is 1. The van der Waals surface area contributed by atoms with E-state index < -0.39 is 0 Å². The van der Waals surface area contributed by atoms with E-state index in [9.17, 15) is 4.79 Å². The fraction of sp³-hybridized carbons (Fsp3) is 0.409. The molecule has 0 unspecified atom stereocenters. The molecule has 4 rings (SSSR count). The van der Waals surface area contributed by atoms with Crippen molar-refractivity contribution in [2.75, 3.05) is 25.0 Å². The summed E-state index contributed by atoms with van der Waals surface area (Å²) in [4.78, 5) is 14.8. The Morgan fingerprint density at radius 3 is 2.35 bits per heavy atom. The maximum atomic E-state index is 12.3. The van der Waals surface area contributed by atoms with Crippen LogP contribution >= 0.6 is 0 Å². The third-order valence-electron chi connectivity index (χ3n) is 5.41. The SMILES string of the molecule is CCCN1CCC2(CC1)C(=O)Nc1ccccc12.Cc1ccc(O)cc1. The van der Waals surface area contributed by atoms with Gasteiger partial charge in [0, 0.05) is 5.69 Å². The normalized spacial score (nSPS) is 18.0. The van der Waals surface area contributed by atoms with Gasteiger partial charge in [0.05, 0.1) is 5.41 Å². The Balaban J connectivity index is 0.000000206. The molecule has 2 N–H and O–H groups in total. The average Bonchev–Trinajstić information content (AvgIpc) is 2.92. The molecule has 0 saturated carbocycles. The molecule has 4 heteroatoms. The number of nitrogens with zero attached hydrogens (tertiary/aromatic N) is 1. The topological polar surface area (TPSA) is 52.6 Å². The number of hydrogen-bond acceptors (Lipinski definition) is 3. The number of piperidine rings is 1. The van der Waals surface area contributed by atoms with Gasteiger partial charge in [0.25, 0.3) is 0 Å². The Morgan fingerprint density at radius 1 is 1.08 bits per heavy atom. The van der Waals surface area contributed by atoms with Crippen LogP contribution in [0, 0.1) is 6.92 Å². The van der Waals surface area contributed by atoms with Crippen molar-refractivity contribution in [1.82, 2.24) is 4.90 Å². The highest BCUT2D eigenvalue weighted by molar-refractivity contribution is 6.06. The monoisotopic (exact) mass is 352 g/mol. The predicted octanol–water partition coefficient (Wildman–Crippen LogP) is 4.08. The van der Waals surface area contributed by atoms with Crippen LogP contribution in [0.3, 0.4) is 0 Å². The summed E-state index contributed by atoms with van der Waals surface area (Å²) in [6.07, 6.45) is 3.10. The van der Waals surface area contributed by atoms with Gasteiger partial charge in [-0.15, -0.1) is 0 Å². The molecule has 0 atom stereocenters. The van der Waals surface area contributed by atoms with Gasteiger partial charge in [-0.05, 0) is 69.6 Å². The molecule has 1 saturated heterocycles. The van der Waals surface area contributed by atoms with Crippen molar-refractivity contribution in [3.05, 3.63) is 59.7 Å². The van der Waals surface area contributed by atoms with Gasteiger partial charge in [-0.1, -0.05) is 42.8 Å². The van der Waals surface area contributed by atoms with E-state index >= 15 is 0 Å². The summed E-state index contributed by atoms with van der Waals surface area (Å²) in [5, 5.41) is 11.8. The number of fused-ring (bicyclic) bond motifs is 2. The van der Waals surface area contributed by atoms with E-state index in [2.05, 4.69) is 23.2 Å². The van der Waals surface area contributed by atoms with Gasteiger partial charge in [-0.3, -0.25) is 4.79 Å². The van der Waals surface area contributed by atoms with E-state index in [-0.39, 0.29) is 11.3 Å². The first-order chi connectivity index (χ1) is 12.5. The van der Waals surface area contributed by atoms with E-state index in [4.69, 9.17) is 5.11 Å². The van der Waals surface area contributed by atoms with Crippen molar-refractivity contribution in [2.45, 2.75) is 38.5 Å². The minimum atomic E-state index is -0.249. The van der Waals surface area contributed by atoms with Crippen LogP contribution in [-0.2, 0) is 10.2 Å². The molecular weight excluding hydrogens is 324 g/mol. The predicted molar refractivity (Wildman–Crippen MR) is 106 cm³/mol. The maximum absolute atomic E-state index is 12.3. The zero-order valence-corrected chi connectivity index (χ0v) is 15.7. The number of phenols is 1. The average molecular weight is 352 g/mol. The molecule has 4 nitrogen and oxygen atoms in total. The summed E-state index contributed by atoms with van der Waals surface area (Å²) in [5.74, 6) is 0.537. The molecule has 26 heavy (non-hydrogen) atoms. The van der Waals surface area contributed by atoms with E-state index in [1.807, 2.05) is 37.3 Å². The highest BCUT2D eigenvalue weighted by Gasteiger charge is 2.47. The van der Waals surface area contributed by atoms with Crippen molar-refractivity contribution in [2.24, 2.45) is 0 Å². The number of likely N-dealkylation sites (tertiary alicyclic amines) is 1. The highest BCUT2D eigenvalue weighted by Crippen LogP contribution is 2.44. The summed E-state index contributed by atoms with van der Waals surface area (Å²) >= 11 is 0. The molecule has 1 fully saturated rings. The number of carbonyl (C=O) groups excluding carboxylic acids is 1. The van der Waals surface area contributed by atoms with Gasteiger partial charge >= 0.3 is 0 Å². The molecule has 0 aliphatic carbocycles. The van der Waals surface area contributed by atoms with Crippen LogP contribution in [0.5, 0.6) is 5.75 Å². The quantitative estimate of drug-likeness (QED) is 0.856. The molecule has 2 aromatic carbocycles. The number of rotatable bonds is 2. The first-order valence-corrected chi connectivity index (χ1v) is 9.44. The second-order valence-corrected chi connectivity index (χ2v) is 7.26. The fourth-order valence-corrected chi connectivity index (χ4v) is 3.89. The highest BCUT2D eigenvalue weighted by atomic mass is 16.3. The van der Waals surface area contributed by atoms with Crippen molar-refractivity contribution in [3.8, 4) is 5.75 Å². The van der Waals surface area contributed by atoms with Crippen molar-refractivity contribution >= 4 is 11.6 Å². The lowest BCUT2D eigenvalue weighted by atomic mass is 9.73. The molecule has 0 radical (unpaired) electrons. The summed E-state index contributed by atoms with van der Waals surface area (Å²) < 4.78 is 0. The van der Waals surface area contributed by atoms with Gasteiger partial charge in [-0.2, -0.15) is 0 Å². The van der Waals surface area contributed by atoms with Crippen LogP contribution in [0.25, 0.3) is 0 Å². The summed E-state index contributed by atoms with van der Waals surface area (Å²) in [7, 11) is 0. The molecule has 138 valence electrons. The van der Waals surface area contributed by atoms with Crippen molar-refractivity contribution in [3.63, 3.8) is 0 Å². The van der Waals surface area contributed by atoms with E-state index in [1.54, 1.807) is 12.1 Å². The zero-order chi connectivity index (χ0) is 18.6. The second kappa shape index (κ2) is 7.92. The third kappa shape index (κ3) is 3.75. The molecule has 2 aliphatic heterocycles. The lowest BCUT2D eigenvalue weighted by molar-refractivity contribution is -0.122. The number of hydrogen-bond donors (Lipinski definition) is 2. The Hall–Kier alpha value is -2.33. The Bertz CT molecular complexity index is 726. The number of carbonyl (C=O) groups is 1. The summed E-state index contributed by atoms with van der Waals surface area (Å²) in [5.41, 5.74) is 3.15. The van der Waals surface area contributed by atoms with Crippen molar-refractivity contribution < 1.29 is 9.90 Å². The molecule has 1 amide bonds. The molecule has 2 aromatic rings. The number of phenolic OH excluding ortho intramolecular Hbond substituents is 1. The zero-order valence-electron chi connectivity index (χ0n) is 15.7. The molecular formula is C22H28N2O2. The fourth-order valence-electron chi connectivity index (χ4n) is 3.89. The molecule has 0 bridgehead atoms. The Labute approximate surface area is 155 Å². The minimum Gasteiger partial charge on any atom is -0.508 e. The molecule has 1 spiro atoms. The van der Waals surface area contributed by atoms with Crippen molar-refractivity contribution in [1.29, 1.82) is 0 Å². The number of aromatic hydroxyl groups is 1. The summed E-state index contributed by atoms with van der Waals surface area (Å²) in [6.45, 7) is 7.42. The first-order valence-electron chi connectivity index (χ1n) is 9.44. The van der Waals surface area contributed by atoms with Gasteiger partial charge in [0.1, 0.15) is 5.75 Å². The number of benzene rings is 2. The van der Waals surface area contributed by atoms with E-state index in [0.29, 0.717) is 5.75 Å². The molecule has 2 heterocycles. The Morgan fingerprint density at radius 2 is 1.73 bits per heavy atom. The number of nitrogens with one attached hydrogen (secondary N) is 1. The maximum Gasteiger partial charge on any atom is 0.235 e. The third-order valence-corrected chi connectivity index (χ3v) is 5.41. The first kappa shape index (κ1) is 18.5. The van der Waals surface area contributed by atoms with Crippen LogP contribution in [0.15, 0.2) is 48.5 Å². The van der Waals surface area contributed by atoms with E-state index in [1.165, 1.54) is 17.5 Å². The van der Waals surface area contributed by atoms with Gasteiger partial charge in [-0.25, -0.2) is 0 Å². The number of para-hydroxylation sites is 1. The minimum absolute atomic E-state index is 0.208. The van der Waals surface area contributed by atoms with Gasteiger partial charge in [0.15, 0.2) is 0 Å². The standard InChI is InChI=1S/C15H20N2O.C7H8O/c1-2-9-17-10-7-15(8-11-17)12-5-3-4-6-13(12)16-14(15)18;1-6-2-4-7(8)5-3-6/h3-6H,2,7-11H2,1H3,(H,16,18);2-5,8H,1H3. The van der Waals surface area contributed by atoms with Crippen LogP contribution in [0.1, 0.15) is 37.3 Å². The lowest BCUT2D eigenvalue weighted by Gasteiger charge is -2.37. The second-order valence-electron chi connectivity index (χ2n) is 7.26. The molecule has 2 aliphatic rings.